The molecule has 0 radical (unpaired) electrons. The van der Waals surface area contributed by atoms with Gasteiger partial charge in [0.05, 0.1) is 18.0 Å². The molecule has 0 atom stereocenters. The fraction of sp³-hybridized carbons (Fsp3) is 0.444. The van der Waals surface area contributed by atoms with Crippen molar-refractivity contribution in [3.8, 4) is 5.75 Å². The third-order valence-electron chi connectivity index (χ3n) is 5.85. The van der Waals surface area contributed by atoms with Crippen LogP contribution in [-0.4, -0.2) is 54.6 Å². The molecule has 0 unspecified atom stereocenters. The first-order valence-electron chi connectivity index (χ1n) is 12.4. The van der Waals surface area contributed by atoms with E-state index in [1.54, 1.807) is 24.3 Å². The van der Waals surface area contributed by atoms with Gasteiger partial charge in [0.1, 0.15) is 5.75 Å². The third-order valence-corrected chi connectivity index (χ3v) is 6.29. The molecule has 1 heterocycles. The highest BCUT2D eigenvalue weighted by Crippen LogP contribution is 2.30. The number of nitrogens with zero attached hydrogens (tertiary/aromatic N) is 2. The second-order valence-electron chi connectivity index (χ2n) is 9.27. The molecule has 0 saturated carbocycles. The smallest absolute Gasteiger partial charge is 0.257 e. The monoisotopic (exact) mass is 530 g/mol. The van der Waals surface area contributed by atoms with E-state index in [1.807, 2.05) is 23.1 Å². The van der Waals surface area contributed by atoms with Gasteiger partial charge < -0.3 is 19.9 Å². The zero-order valence-corrected chi connectivity index (χ0v) is 22.8. The number of anilines is 2. The zero-order valence-electron chi connectivity index (χ0n) is 21.2. The number of nitrogens with one attached hydrogen (secondary N) is 2. The van der Waals surface area contributed by atoms with Crippen molar-refractivity contribution >= 4 is 52.1 Å². The van der Waals surface area contributed by atoms with Crippen LogP contribution in [0.3, 0.4) is 0 Å². The Morgan fingerprint density at radius 1 is 1.11 bits per heavy atom. The largest absolute Gasteiger partial charge is 0.494 e. The van der Waals surface area contributed by atoms with Crippen LogP contribution in [0.5, 0.6) is 5.75 Å². The molecule has 0 aromatic heterocycles. The maximum Gasteiger partial charge on any atom is 0.257 e. The van der Waals surface area contributed by atoms with Crippen LogP contribution in [0.4, 0.5) is 11.4 Å². The Morgan fingerprint density at radius 2 is 1.86 bits per heavy atom. The van der Waals surface area contributed by atoms with Crippen LogP contribution in [0.2, 0.25) is 5.02 Å². The number of hydrogen-bond acceptors (Lipinski definition) is 5. The number of amides is 2. The molecule has 1 fully saturated rings. The summed E-state index contributed by atoms with van der Waals surface area (Å²) in [6, 6.07) is 12.6. The fourth-order valence-electron chi connectivity index (χ4n) is 3.95. The molecule has 0 bridgehead atoms. The molecule has 3 rings (SSSR count). The molecular formula is C27H35ClN4O3S. The lowest BCUT2D eigenvalue weighted by Crippen LogP contribution is -2.49. The van der Waals surface area contributed by atoms with E-state index in [4.69, 9.17) is 28.6 Å². The van der Waals surface area contributed by atoms with Gasteiger partial charge in [0, 0.05) is 43.2 Å². The van der Waals surface area contributed by atoms with Crippen molar-refractivity contribution in [3.63, 3.8) is 0 Å². The average Bonchev–Trinajstić information content (AvgIpc) is 2.84. The van der Waals surface area contributed by atoms with Crippen LogP contribution in [-0.2, 0) is 4.79 Å². The first-order valence-corrected chi connectivity index (χ1v) is 13.2. The lowest BCUT2D eigenvalue weighted by atomic mass is 10.1. The Labute approximate surface area is 224 Å². The molecule has 0 aliphatic carbocycles. The van der Waals surface area contributed by atoms with Crippen LogP contribution >= 0.6 is 23.8 Å². The third kappa shape index (κ3) is 8.10. The topological polar surface area (TPSA) is 73.9 Å². The van der Waals surface area contributed by atoms with E-state index >= 15 is 0 Å². The number of unbranched alkanes of at least 4 members (excludes halogenated alkanes) is 1. The van der Waals surface area contributed by atoms with Gasteiger partial charge in [0.25, 0.3) is 5.91 Å². The highest BCUT2D eigenvalue weighted by atomic mass is 35.5. The number of ether oxygens (including phenoxy) is 1. The summed E-state index contributed by atoms with van der Waals surface area (Å²) in [5.74, 6) is 0.866. The molecule has 0 spiro atoms. The summed E-state index contributed by atoms with van der Waals surface area (Å²) in [4.78, 5) is 29.3. The maximum atomic E-state index is 12.8. The highest BCUT2D eigenvalue weighted by molar-refractivity contribution is 7.80. The molecule has 2 amide bonds. The summed E-state index contributed by atoms with van der Waals surface area (Å²) >= 11 is 11.7. The minimum atomic E-state index is -0.325. The molecule has 2 aromatic carbocycles. The van der Waals surface area contributed by atoms with Gasteiger partial charge in [-0.15, -0.1) is 0 Å². The second-order valence-corrected chi connectivity index (χ2v) is 10.1. The van der Waals surface area contributed by atoms with E-state index in [0.717, 1.165) is 18.5 Å². The van der Waals surface area contributed by atoms with E-state index < -0.39 is 0 Å². The lowest BCUT2D eigenvalue weighted by molar-refractivity contribution is -0.132. The predicted octanol–water partition coefficient (Wildman–Crippen LogP) is 5.34. The van der Waals surface area contributed by atoms with Crippen LogP contribution < -0.4 is 20.3 Å². The normalized spacial score (nSPS) is 13.5. The molecule has 194 valence electrons. The maximum absolute atomic E-state index is 12.8. The Morgan fingerprint density at radius 3 is 2.56 bits per heavy atom. The van der Waals surface area contributed by atoms with Crippen LogP contribution in [0, 0.1) is 5.92 Å². The van der Waals surface area contributed by atoms with E-state index in [0.29, 0.717) is 67.1 Å². The molecule has 7 nitrogen and oxygen atoms in total. The van der Waals surface area contributed by atoms with Crippen molar-refractivity contribution in [2.75, 3.05) is 43.0 Å². The number of hydrogen-bond donors (Lipinski definition) is 2. The Kier molecular flexibility index (Phi) is 10.4. The van der Waals surface area contributed by atoms with Crippen molar-refractivity contribution < 1.29 is 14.3 Å². The van der Waals surface area contributed by atoms with E-state index in [2.05, 4.69) is 36.3 Å². The molecule has 2 N–H and O–H groups in total. The highest BCUT2D eigenvalue weighted by Gasteiger charge is 2.23. The average molecular weight is 531 g/mol. The Hall–Kier alpha value is -2.84. The molecule has 1 aliphatic rings. The lowest BCUT2D eigenvalue weighted by Gasteiger charge is -2.37. The van der Waals surface area contributed by atoms with Crippen molar-refractivity contribution in [1.29, 1.82) is 0 Å². The first kappa shape index (κ1) is 27.7. The number of benzene rings is 2. The quantitative estimate of drug-likeness (QED) is 0.337. The molecule has 1 saturated heterocycles. The van der Waals surface area contributed by atoms with Gasteiger partial charge >= 0.3 is 0 Å². The van der Waals surface area contributed by atoms with Crippen LogP contribution in [0.1, 0.15) is 50.4 Å². The number of carbonyl (C=O) groups is 2. The minimum Gasteiger partial charge on any atom is -0.494 e. The SMILES string of the molecule is CCCCOc1cccc(C(=O)NC(=S)Nc2cc(Cl)ccc2N2CCN(C(=O)CC(C)C)CC2)c1. The second kappa shape index (κ2) is 13.5. The summed E-state index contributed by atoms with van der Waals surface area (Å²) in [6.45, 7) is 9.53. The number of carbonyl (C=O) groups excluding carboxylic acids is 2. The van der Waals surface area contributed by atoms with E-state index in [-0.39, 0.29) is 16.9 Å². The molecule has 9 heteroatoms. The van der Waals surface area contributed by atoms with Gasteiger partial charge in [-0.1, -0.05) is 44.9 Å². The first-order chi connectivity index (χ1) is 17.3. The number of halogens is 1. The number of piperazine rings is 1. The summed E-state index contributed by atoms with van der Waals surface area (Å²) in [5, 5.41) is 6.59. The summed E-state index contributed by atoms with van der Waals surface area (Å²) < 4.78 is 5.70. The van der Waals surface area contributed by atoms with Crippen LogP contribution in [0.25, 0.3) is 0 Å². The van der Waals surface area contributed by atoms with E-state index in [9.17, 15) is 9.59 Å². The number of rotatable bonds is 9. The van der Waals surface area contributed by atoms with Crippen LogP contribution in [0.15, 0.2) is 42.5 Å². The van der Waals surface area contributed by atoms with Gasteiger partial charge in [0.15, 0.2) is 5.11 Å². The molecule has 1 aliphatic heterocycles. The fourth-order valence-corrected chi connectivity index (χ4v) is 4.32. The van der Waals surface area contributed by atoms with Gasteiger partial charge in [-0.2, -0.15) is 0 Å². The molecular weight excluding hydrogens is 496 g/mol. The molecule has 2 aromatic rings. The Balaban J connectivity index is 1.62. The van der Waals surface area contributed by atoms with E-state index in [1.165, 1.54) is 0 Å². The van der Waals surface area contributed by atoms with Crippen molar-refractivity contribution in [3.05, 3.63) is 53.1 Å². The van der Waals surface area contributed by atoms with Gasteiger partial charge in [-0.25, -0.2) is 0 Å². The minimum absolute atomic E-state index is 0.173. The zero-order chi connectivity index (χ0) is 26.1. The number of thiocarbonyl (C=S) groups is 1. The predicted molar refractivity (Wildman–Crippen MR) is 150 cm³/mol. The van der Waals surface area contributed by atoms with Gasteiger partial charge in [-0.3, -0.25) is 14.9 Å². The van der Waals surface area contributed by atoms with Gasteiger partial charge in [-0.05, 0) is 61.0 Å². The summed E-state index contributed by atoms with van der Waals surface area (Å²) in [5.41, 5.74) is 2.08. The Bertz CT molecular complexity index is 1070. The van der Waals surface area contributed by atoms with Crippen molar-refractivity contribution in [1.82, 2.24) is 10.2 Å². The molecule has 36 heavy (non-hydrogen) atoms. The van der Waals surface area contributed by atoms with Crippen molar-refractivity contribution in [2.45, 2.75) is 40.0 Å². The summed E-state index contributed by atoms with van der Waals surface area (Å²) in [7, 11) is 0. The standard InChI is InChI=1S/C27H35ClN4O3S/c1-4-5-15-35-22-8-6-7-20(17-22)26(34)30-27(36)29-23-18-21(28)9-10-24(23)31-11-13-32(14-12-31)25(33)16-19(2)3/h6-10,17-19H,4-5,11-16H2,1-3H3,(H2,29,30,34,36). The van der Waals surface area contributed by atoms with Crippen molar-refractivity contribution in [2.24, 2.45) is 5.92 Å². The van der Waals surface area contributed by atoms with Gasteiger partial charge in [0.2, 0.25) is 5.91 Å². The summed E-state index contributed by atoms with van der Waals surface area (Å²) in [6.07, 6.45) is 2.56.